The summed E-state index contributed by atoms with van der Waals surface area (Å²) in [5.41, 5.74) is 1.20. The van der Waals surface area contributed by atoms with Gasteiger partial charge in [-0.2, -0.15) is 13.2 Å². The van der Waals surface area contributed by atoms with Gasteiger partial charge in [0.1, 0.15) is 25.9 Å². The van der Waals surface area contributed by atoms with Crippen LogP contribution < -0.4 is 14.8 Å². The summed E-state index contributed by atoms with van der Waals surface area (Å²) < 4.78 is 50.2. The summed E-state index contributed by atoms with van der Waals surface area (Å²) in [6.07, 6.45) is -5.48. The third-order valence-electron chi connectivity index (χ3n) is 4.25. The fourth-order valence-electron chi connectivity index (χ4n) is 3.14. The number of carbonyl (C=O) groups is 1. The summed E-state index contributed by atoms with van der Waals surface area (Å²) in [6.45, 7) is -0.574. The number of hydrogen-bond donors (Lipinski definition) is 1. The van der Waals surface area contributed by atoms with Crippen molar-refractivity contribution >= 4 is 11.6 Å². The minimum Gasteiger partial charge on any atom is -0.486 e. The standard InChI is InChI=1S/C18H15F3N2O3/c19-18(20,21)10-23-16(22-13-4-2-1-3-12(13)17(23)24)11-5-6-14-15(9-11)26-8-7-25-14/h1-6,9,16,22H,7-8,10H2/t16-/m1/s1. The largest absolute Gasteiger partial charge is 0.486 e. The topological polar surface area (TPSA) is 50.8 Å². The van der Waals surface area contributed by atoms with Gasteiger partial charge in [0.15, 0.2) is 11.5 Å². The number of anilines is 1. The molecular formula is C18H15F3N2O3. The molecule has 5 nitrogen and oxygen atoms in total. The van der Waals surface area contributed by atoms with Gasteiger partial charge in [-0.3, -0.25) is 4.79 Å². The quantitative estimate of drug-likeness (QED) is 0.885. The zero-order chi connectivity index (χ0) is 18.3. The van der Waals surface area contributed by atoms with Crippen molar-refractivity contribution in [3.05, 3.63) is 53.6 Å². The van der Waals surface area contributed by atoms with Gasteiger partial charge < -0.3 is 19.7 Å². The van der Waals surface area contributed by atoms with Gasteiger partial charge in [-0.05, 0) is 29.8 Å². The van der Waals surface area contributed by atoms with Gasteiger partial charge in [0, 0.05) is 5.69 Å². The molecule has 1 N–H and O–H groups in total. The van der Waals surface area contributed by atoms with Crippen LogP contribution in [0.5, 0.6) is 11.5 Å². The number of benzene rings is 2. The fourth-order valence-corrected chi connectivity index (χ4v) is 3.14. The number of nitrogens with zero attached hydrogens (tertiary/aromatic N) is 1. The number of carbonyl (C=O) groups excluding carboxylic acids is 1. The van der Waals surface area contributed by atoms with E-state index in [0.29, 0.717) is 36.0 Å². The second kappa shape index (κ2) is 6.12. The lowest BCUT2D eigenvalue weighted by atomic mass is 10.0. The third-order valence-corrected chi connectivity index (χ3v) is 4.25. The van der Waals surface area contributed by atoms with E-state index in [2.05, 4.69) is 5.32 Å². The van der Waals surface area contributed by atoms with E-state index in [1.54, 1.807) is 36.4 Å². The Morgan fingerprint density at radius 1 is 1.08 bits per heavy atom. The number of rotatable bonds is 2. The number of nitrogens with one attached hydrogen (secondary N) is 1. The number of para-hydroxylation sites is 1. The van der Waals surface area contributed by atoms with Gasteiger partial charge in [-0.25, -0.2) is 0 Å². The molecule has 0 spiro atoms. The highest BCUT2D eigenvalue weighted by Gasteiger charge is 2.40. The normalized spacial score (nSPS) is 19.0. The van der Waals surface area contributed by atoms with E-state index in [-0.39, 0.29) is 5.56 Å². The molecule has 0 fully saturated rings. The first-order valence-electron chi connectivity index (χ1n) is 8.05. The summed E-state index contributed by atoms with van der Waals surface area (Å²) in [7, 11) is 0. The number of hydrogen-bond acceptors (Lipinski definition) is 4. The van der Waals surface area contributed by atoms with Crippen LogP contribution in [0.4, 0.5) is 18.9 Å². The molecule has 0 unspecified atom stereocenters. The number of halogens is 3. The van der Waals surface area contributed by atoms with Gasteiger partial charge >= 0.3 is 6.18 Å². The molecular weight excluding hydrogens is 349 g/mol. The maximum absolute atomic E-state index is 13.1. The van der Waals surface area contributed by atoms with Crippen molar-refractivity contribution in [2.24, 2.45) is 0 Å². The summed E-state index contributed by atoms with van der Waals surface area (Å²) in [5, 5.41) is 3.03. The van der Waals surface area contributed by atoms with Crippen LogP contribution in [0.2, 0.25) is 0 Å². The van der Waals surface area contributed by atoms with Crippen LogP contribution in [0.15, 0.2) is 42.5 Å². The Balaban J connectivity index is 1.75. The van der Waals surface area contributed by atoms with Gasteiger partial charge in [0.05, 0.1) is 5.56 Å². The van der Waals surface area contributed by atoms with E-state index >= 15 is 0 Å². The van der Waals surface area contributed by atoms with Gasteiger partial charge in [0.25, 0.3) is 5.91 Å². The molecule has 0 saturated heterocycles. The lowest BCUT2D eigenvalue weighted by molar-refractivity contribution is -0.144. The van der Waals surface area contributed by atoms with Gasteiger partial charge in [-0.15, -0.1) is 0 Å². The zero-order valence-corrected chi connectivity index (χ0v) is 13.5. The number of ether oxygens (including phenoxy) is 2. The summed E-state index contributed by atoms with van der Waals surface area (Å²) in [5.74, 6) is 0.315. The van der Waals surface area contributed by atoms with Crippen molar-refractivity contribution in [2.45, 2.75) is 12.3 Å². The third kappa shape index (κ3) is 3.02. The Labute approximate surface area is 147 Å². The van der Waals surface area contributed by atoms with Gasteiger partial charge in [0.2, 0.25) is 0 Å². The molecule has 4 rings (SSSR count). The van der Waals surface area contributed by atoms with E-state index in [1.165, 1.54) is 6.07 Å². The van der Waals surface area contributed by atoms with Crippen molar-refractivity contribution in [2.75, 3.05) is 25.1 Å². The minimum absolute atomic E-state index is 0.213. The molecule has 2 heterocycles. The molecule has 136 valence electrons. The number of alkyl halides is 3. The van der Waals surface area contributed by atoms with Crippen LogP contribution in [0.1, 0.15) is 22.1 Å². The van der Waals surface area contributed by atoms with Crippen molar-refractivity contribution < 1.29 is 27.4 Å². The number of amides is 1. The smallest absolute Gasteiger partial charge is 0.406 e. The maximum atomic E-state index is 13.1. The first-order chi connectivity index (χ1) is 12.4. The highest BCUT2D eigenvalue weighted by Crippen LogP contribution is 2.38. The first kappa shape index (κ1) is 16.6. The van der Waals surface area contributed by atoms with Crippen LogP contribution in [0.3, 0.4) is 0 Å². The highest BCUT2D eigenvalue weighted by molar-refractivity contribution is 6.01. The Morgan fingerprint density at radius 3 is 2.58 bits per heavy atom. The summed E-state index contributed by atoms with van der Waals surface area (Å²) in [4.78, 5) is 13.5. The molecule has 1 atom stereocenters. The van der Waals surface area contributed by atoms with Crippen molar-refractivity contribution in [3.8, 4) is 11.5 Å². The molecule has 0 bridgehead atoms. The highest BCUT2D eigenvalue weighted by atomic mass is 19.4. The van der Waals surface area contributed by atoms with E-state index in [4.69, 9.17) is 9.47 Å². The molecule has 8 heteroatoms. The monoisotopic (exact) mass is 364 g/mol. The average Bonchev–Trinajstić information content (AvgIpc) is 2.62. The SMILES string of the molecule is O=C1c2ccccc2N[C@@H](c2ccc3c(c2)OCCO3)N1CC(F)(F)F. The van der Waals surface area contributed by atoms with Crippen molar-refractivity contribution in [1.29, 1.82) is 0 Å². The molecule has 0 aromatic heterocycles. The van der Waals surface area contributed by atoms with Crippen molar-refractivity contribution in [3.63, 3.8) is 0 Å². The Hall–Kier alpha value is -2.90. The van der Waals surface area contributed by atoms with Crippen LogP contribution >= 0.6 is 0 Å². The maximum Gasteiger partial charge on any atom is 0.406 e. The average molecular weight is 364 g/mol. The second-order valence-electron chi connectivity index (χ2n) is 6.04. The number of fused-ring (bicyclic) bond motifs is 2. The first-order valence-corrected chi connectivity index (χ1v) is 8.05. The molecule has 0 saturated carbocycles. The van der Waals surface area contributed by atoms with Crippen molar-refractivity contribution in [1.82, 2.24) is 4.90 Å². The van der Waals surface area contributed by atoms with Gasteiger partial charge in [-0.1, -0.05) is 18.2 Å². The molecule has 0 radical (unpaired) electrons. The predicted octanol–water partition coefficient (Wildman–Crippen LogP) is 3.59. The molecule has 1 amide bonds. The fraction of sp³-hybridized carbons (Fsp3) is 0.278. The Kier molecular flexibility index (Phi) is 3.90. The predicted molar refractivity (Wildman–Crippen MR) is 87.3 cm³/mol. The van der Waals surface area contributed by atoms with E-state index in [9.17, 15) is 18.0 Å². The van der Waals surface area contributed by atoms with E-state index < -0.39 is 24.8 Å². The lowest BCUT2D eigenvalue weighted by Crippen LogP contribution is -2.47. The van der Waals surface area contributed by atoms with E-state index in [0.717, 1.165) is 4.90 Å². The minimum atomic E-state index is -4.52. The lowest BCUT2D eigenvalue weighted by Gasteiger charge is -2.38. The van der Waals surface area contributed by atoms with E-state index in [1.807, 2.05) is 0 Å². The Morgan fingerprint density at radius 2 is 1.81 bits per heavy atom. The molecule has 2 aromatic carbocycles. The molecule has 2 aliphatic heterocycles. The van der Waals surface area contributed by atoms with Crippen LogP contribution in [0, 0.1) is 0 Å². The van der Waals surface area contributed by atoms with Crippen LogP contribution in [-0.4, -0.2) is 36.7 Å². The second-order valence-corrected chi connectivity index (χ2v) is 6.04. The summed E-state index contributed by atoms with van der Waals surface area (Å²) >= 11 is 0. The van der Waals surface area contributed by atoms with Crippen LogP contribution in [-0.2, 0) is 0 Å². The molecule has 0 aliphatic carbocycles. The zero-order valence-electron chi connectivity index (χ0n) is 13.5. The molecule has 2 aliphatic rings. The molecule has 2 aromatic rings. The Bertz CT molecular complexity index is 854. The molecule has 26 heavy (non-hydrogen) atoms. The summed E-state index contributed by atoms with van der Waals surface area (Å²) in [6, 6.07) is 11.4. The van der Waals surface area contributed by atoms with Crippen LogP contribution in [0.25, 0.3) is 0 Å².